The van der Waals surface area contributed by atoms with Crippen LogP contribution in [0.25, 0.3) is 0 Å². The Morgan fingerprint density at radius 2 is 1.95 bits per heavy atom. The molecule has 0 aromatic heterocycles. The molecule has 0 aromatic carbocycles. The van der Waals surface area contributed by atoms with Gasteiger partial charge >= 0.3 is 5.97 Å². The van der Waals surface area contributed by atoms with Gasteiger partial charge in [-0.3, -0.25) is 9.59 Å². The summed E-state index contributed by atoms with van der Waals surface area (Å²) in [6.45, 7) is 2.68. The fraction of sp³-hybridized carbons (Fsp3) is 0.875. The van der Waals surface area contributed by atoms with Gasteiger partial charge in [0.15, 0.2) is 0 Å². The number of piperidine rings is 1. The van der Waals surface area contributed by atoms with E-state index in [9.17, 15) is 14.7 Å². The molecule has 21 heavy (non-hydrogen) atoms. The molecule has 3 rings (SSSR count). The van der Waals surface area contributed by atoms with Crippen molar-refractivity contribution < 1.29 is 14.7 Å². The second-order valence-electron chi connectivity index (χ2n) is 7.32. The zero-order chi connectivity index (χ0) is 15.0. The van der Waals surface area contributed by atoms with E-state index < -0.39 is 11.4 Å². The first kappa shape index (κ1) is 14.8. The molecule has 2 N–H and O–H groups in total. The van der Waals surface area contributed by atoms with Gasteiger partial charge in [-0.1, -0.05) is 12.8 Å². The molecule has 1 aliphatic carbocycles. The van der Waals surface area contributed by atoms with Crippen molar-refractivity contribution in [1.82, 2.24) is 10.2 Å². The maximum absolute atomic E-state index is 12.7. The smallest absolute Gasteiger partial charge is 0.311 e. The van der Waals surface area contributed by atoms with E-state index in [1.165, 1.54) is 25.7 Å². The Kier molecular flexibility index (Phi) is 3.95. The molecule has 2 saturated heterocycles. The molecule has 5 heteroatoms. The molecular formula is C16H26N2O3. The van der Waals surface area contributed by atoms with E-state index in [0.29, 0.717) is 25.6 Å². The SMILES string of the molecule is CC1(C(=O)O)CCN(C(=O)C2CCC3CCCCC3N2)C1. The van der Waals surface area contributed by atoms with Gasteiger partial charge in [-0.2, -0.15) is 0 Å². The quantitative estimate of drug-likeness (QED) is 0.812. The Morgan fingerprint density at radius 3 is 2.67 bits per heavy atom. The molecule has 118 valence electrons. The second kappa shape index (κ2) is 5.59. The molecule has 3 aliphatic rings. The zero-order valence-electron chi connectivity index (χ0n) is 12.8. The number of rotatable bonds is 2. The normalized spacial score (nSPS) is 39.9. The molecule has 0 aromatic rings. The Bertz CT molecular complexity index is 439. The van der Waals surface area contributed by atoms with Crippen LogP contribution >= 0.6 is 0 Å². The maximum atomic E-state index is 12.7. The van der Waals surface area contributed by atoms with E-state index in [2.05, 4.69) is 5.32 Å². The number of carboxylic acid groups (broad SMARTS) is 1. The molecule has 2 heterocycles. The first-order chi connectivity index (χ1) is 9.99. The number of hydrogen-bond acceptors (Lipinski definition) is 3. The van der Waals surface area contributed by atoms with Gasteiger partial charge in [0.2, 0.25) is 5.91 Å². The molecule has 5 nitrogen and oxygen atoms in total. The first-order valence-electron chi connectivity index (χ1n) is 8.28. The van der Waals surface area contributed by atoms with Crippen LogP contribution in [-0.2, 0) is 9.59 Å². The van der Waals surface area contributed by atoms with Crippen LogP contribution in [0.4, 0.5) is 0 Å². The summed E-state index contributed by atoms with van der Waals surface area (Å²) in [5.41, 5.74) is -0.766. The summed E-state index contributed by atoms with van der Waals surface area (Å²) in [7, 11) is 0. The van der Waals surface area contributed by atoms with Crippen molar-refractivity contribution in [2.24, 2.45) is 11.3 Å². The van der Waals surface area contributed by atoms with Gasteiger partial charge in [0.1, 0.15) is 0 Å². The first-order valence-corrected chi connectivity index (χ1v) is 8.28. The number of carbonyl (C=O) groups excluding carboxylic acids is 1. The monoisotopic (exact) mass is 294 g/mol. The average Bonchev–Trinajstić information content (AvgIpc) is 2.90. The summed E-state index contributed by atoms with van der Waals surface area (Å²) < 4.78 is 0. The third-order valence-corrected chi connectivity index (χ3v) is 5.75. The number of amides is 1. The lowest BCUT2D eigenvalue weighted by Gasteiger charge is -2.40. The molecule has 3 fully saturated rings. The Morgan fingerprint density at radius 1 is 1.19 bits per heavy atom. The highest BCUT2D eigenvalue weighted by molar-refractivity contribution is 5.84. The van der Waals surface area contributed by atoms with Crippen molar-refractivity contribution in [2.45, 2.75) is 64.0 Å². The third-order valence-electron chi connectivity index (χ3n) is 5.75. The summed E-state index contributed by atoms with van der Waals surface area (Å²) in [6, 6.07) is 0.399. The standard InChI is InChI=1S/C16H26N2O3/c1-16(15(20)21)8-9-18(10-16)14(19)13-7-6-11-4-2-3-5-12(11)17-13/h11-13,17H,2-10H2,1H3,(H,20,21). The third kappa shape index (κ3) is 2.80. The van der Waals surface area contributed by atoms with Gasteiger partial charge in [0, 0.05) is 19.1 Å². The predicted molar refractivity (Wildman–Crippen MR) is 78.8 cm³/mol. The van der Waals surface area contributed by atoms with E-state index in [0.717, 1.165) is 18.8 Å². The molecule has 0 bridgehead atoms. The van der Waals surface area contributed by atoms with E-state index in [1.54, 1.807) is 11.8 Å². The Balaban J connectivity index is 1.60. The van der Waals surface area contributed by atoms with Crippen molar-refractivity contribution in [2.75, 3.05) is 13.1 Å². The topological polar surface area (TPSA) is 69.6 Å². The van der Waals surface area contributed by atoms with Crippen LogP contribution in [0.3, 0.4) is 0 Å². The van der Waals surface area contributed by atoms with Gasteiger partial charge in [-0.05, 0) is 44.9 Å². The number of hydrogen-bond donors (Lipinski definition) is 2. The van der Waals surface area contributed by atoms with Crippen LogP contribution in [0.5, 0.6) is 0 Å². The van der Waals surface area contributed by atoms with Gasteiger partial charge in [0.05, 0.1) is 11.5 Å². The Labute approximate surface area is 126 Å². The fourth-order valence-corrected chi connectivity index (χ4v) is 4.23. The lowest BCUT2D eigenvalue weighted by Crippen LogP contribution is -2.55. The van der Waals surface area contributed by atoms with Crippen molar-refractivity contribution in [3.8, 4) is 0 Å². The van der Waals surface area contributed by atoms with Gasteiger partial charge in [-0.25, -0.2) is 0 Å². The lowest BCUT2D eigenvalue weighted by molar-refractivity contribution is -0.147. The minimum absolute atomic E-state index is 0.0968. The summed E-state index contributed by atoms with van der Waals surface area (Å²) in [5.74, 6) is 0.0661. The molecule has 0 spiro atoms. The predicted octanol–water partition coefficient (Wildman–Crippen LogP) is 1.62. The number of aliphatic carboxylic acids is 1. The van der Waals surface area contributed by atoms with Crippen LogP contribution < -0.4 is 5.32 Å². The number of nitrogens with zero attached hydrogens (tertiary/aromatic N) is 1. The summed E-state index contributed by atoms with van der Waals surface area (Å²) >= 11 is 0. The summed E-state index contributed by atoms with van der Waals surface area (Å²) in [5, 5.41) is 12.8. The second-order valence-corrected chi connectivity index (χ2v) is 7.32. The number of likely N-dealkylation sites (tertiary alicyclic amines) is 1. The van der Waals surface area contributed by atoms with Gasteiger partial charge in [-0.15, -0.1) is 0 Å². The maximum Gasteiger partial charge on any atom is 0.311 e. The molecule has 1 saturated carbocycles. The van der Waals surface area contributed by atoms with Crippen LogP contribution in [0, 0.1) is 11.3 Å². The number of carbonyl (C=O) groups is 2. The zero-order valence-corrected chi connectivity index (χ0v) is 12.8. The van der Waals surface area contributed by atoms with Crippen molar-refractivity contribution in [3.05, 3.63) is 0 Å². The van der Waals surface area contributed by atoms with Crippen LogP contribution in [0.1, 0.15) is 51.9 Å². The van der Waals surface area contributed by atoms with Crippen molar-refractivity contribution in [1.29, 1.82) is 0 Å². The van der Waals surface area contributed by atoms with Crippen molar-refractivity contribution >= 4 is 11.9 Å². The number of fused-ring (bicyclic) bond motifs is 1. The van der Waals surface area contributed by atoms with E-state index in [4.69, 9.17) is 0 Å². The highest BCUT2D eigenvalue weighted by Crippen LogP contribution is 2.34. The van der Waals surface area contributed by atoms with E-state index in [1.807, 2.05) is 0 Å². The molecule has 0 radical (unpaired) electrons. The van der Waals surface area contributed by atoms with Crippen LogP contribution in [-0.4, -0.2) is 47.1 Å². The summed E-state index contributed by atoms with van der Waals surface area (Å²) in [4.78, 5) is 25.7. The Hall–Kier alpha value is -1.10. The summed E-state index contributed by atoms with van der Waals surface area (Å²) in [6.07, 6.45) is 7.66. The number of carboxylic acids is 1. The van der Waals surface area contributed by atoms with Gasteiger partial charge < -0.3 is 15.3 Å². The molecule has 4 unspecified atom stereocenters. The molecule has 2 aliphatic heterocycles. The minimum Gasteiger partial charge on any atom is -0.481 e. The highest BCUT2D eigenvalue weighted by atomic mass is 16.4. The van der Waals surface area contributed by atoms with Crippen molar-refractivity contribution in [3.63, 3.8) is 0 Å². The van der Waals surface area contributed by atoms with Gasteiger partial charge in [0.25, 0.3) is 0 Å². The average molecular weight is 294 g/mol. The van der Waals surface area contributed by atoms with E-state index in [-0.39, 0.29) is 11.9 Å². The molecule has 1 amide bonds. The number of nitrogens with one attached hydrogen (secondary N) is 1. The van der Waals surface area contributed by atoms with E-state index >= 15 is 0 Å². The van der Waals surface area contributed by atoms with Crippen LogP contribution in [0.2, 0.25) is 0 Å². The molecular weight excluding hydrogens is 268 g/mol. The van der Waals surface area contributed by atoms with Crippen LogP contribution in [0.15, 0.2) is 0 Å². The highest BCUT2D eigenvalue weighted by Gasteiger charge is 2.44. The minimum atomic E-state index is -0.790. The fourth-order valence-electron chi connectivity index (χ4n) is 4.23. The largest absolute Gasteiger partial charge is 0.481 e. The lowest BCUT2D eigenvalue weighted by atomic mass is 9.77. The molecule has 4 atom stereocenters.